The van der Waals surface area contributed by atoms with Crippen molar-refractivity contribution in [1.29, 1.82) is 0 Å². The van der Waals surface area contributed by atoms with Gasteiger partial charge in [-0.25, -0.2) is 4.79 Å². The minimum atomic E-state index is -0.413. The highest BCUT2D eigenvalue weighted by Crippen LogP contribution is 2.17. The second kappa shape index (κ2) is 4.73. The number of carbonyl (C=O) groups excluding carboxylic acids is 1. The molecule has 1 aromatic rings. The summed E-state index contributed by atoms with van der Waals surface area (Å²) in [6.07, 6.45) is 1.27. The van der Waals surface area contributed by atoms with Gasteiger partial charge in [0.2, 0.25) is 0 Å². The van der Waals surface area contributed by atoms with E-state index in [1.807, 2.05) is 32.4 Å². The van der Waals surface area contributed by atoms with E-state index in [2.05, 4.69) is 11.7 Å². The van der Waals surface area contributed by atoms with E-state index in [1.165, 1.54) is 0 Å². The highest BCUT2D eigenvalue weighted by atomic mass is 16.5. The summed E-state index contributed by atoms with van der Waals surface area (Å²) in [5.41, 5.74) is 1.13. The Kier molecular flexibility index (Phi) is 3.76. The lowest BCUT2D eigenvalue weighted by atomic mass is 10.1. The molecular formula is C13H20N2O2. The molecule has 0 aliphatic heterocycles. The van der Waals surface area contributed by atoms with E-state index in [9.17, 15) is 4.79 Å². The number of rotatable bonds is 3. The number of hydrogen-bond donors (Lipinski definition) is 0. The van der Waals surface area contributed by atoms with Crippen LogP contribution in [0.3, 0.4) is 0 Å². The zero-order valence-electron chi connectivity index (χ0n) is 11.2. The van der Waals surface area contributed by atoms with Gasteiger partial charge in [-0.3, -0.25) is 4.68 Å². The van der Waals surface area contributed by atoms with E-state index in [0.717, 1.165) is 5.69 Å². The molecule has 0 N–H and O–H groups in total. The number of esters is 1. The van der Waals surface area contributed by atoms with Crippen molar-refractivity contribution in [2.75, 3.05) is 0 Å². The predicted octanol–water partition coefficient (Wildman–Crippen LogP) is 2.68. The Bertz CT molecular complexity index is 427. The Morgan fingerprint density at radius 2 is 2.18 bits per heavy atom. The molecule has 1 atom stereocenters. The maximum atomic E-state index is 11.8. The molecule has 0 bridgehead atoms. The summed E-state index contributed by atoms with van der Waals surface area (Å²) in [6.45, 7) is 13.4. The van der Waals surface area contributed by atoms with Crippen LogP contribution < -0.4 is 0 Å². The van der Waals surface area contributed by atoms with Crippen LogP contribution in [0.2, 0.25) is 0 Å². The van der Waals surface area contributed by atoms with E-state index in [-0.39, 0.29) is 11.6 Å². The van der Waals surface area contributed by atoms with Crippen LogP contribution in [0.25, 0.3) is 0 Å². The molecule has 4 nitrogen and oxygen atoms in total. The first kappa shape index (κ1) is 13.5. The van der Waals surface area contributed by atoms with Crippen LogP contribution >= 0.6 is 0 Å². The zero-order chi connectivity index (χ0) is 13.2. The van der Waals surface area contributed by atoms with Gasteiger partial charge in [0, 0.05) is 5.69 Å². The first-order chi connectivity index (χ1) is 7.75. The summed E-state index contributed by atoms with van der Waals surface area (Å²) < 4.78 is 6.96. The SMILES string of the molecule is C=CC(C)OC(=O)c1cc(C)n(C(C)(C)C)n1. The van der Waals surface area contributed by atoms with E-state index >= 15 is 0 Å². The molecular weight excluding hydrogens is 216 g/mol. The Balaban J connectivity index is 2.94. The number of nitrogens with zero attached hydrogens (tertiary/aromatic N) is 2. The average molecular weight is 236 g/mol. The summed E-state index contributed by atoms with van der Waals surface area (Å²) in [7, 11) is 0. The van der Waals surface area contributed by atoms with Crippen molar-refractivity contribution in [3.63, 3.8) is 0 Å². The molecule has 0 aromatic carbocycles. The molecule has 1 heterocycles. The van der Waals surface area contributed by atoms with Gasteiger partial charge in [0.1, 0.15) is 6.10 Å². The first-order valence-corrected chi connectivity index (χ1v) is 5.66. The van der Waals surface area contributed by atoms with Crippen LogP contribution in [0.15, 0.2) is 18.7 Å². The molecule has 0 radical (unpaired) electrons. The van der Waals surface area contributed by atoms with E-state index < -0.39 is 5.97 Å². The van der Waals surface area contributed by atoms with Crippen molar-refractivity contribution in [2.24, 2.45) is 0 Å². The van der Waals surface area contributed by atoms with Gasteiger partial charge in [-0.2, -0.15) is 5.10 Å². The number of aromatic nitrogens is 2. The number of ether oxygens (including phenoxy) is 1. The summed E-state index contributed by atoms with van der Waals surface area (Å²) in [5.74, 6) is -0.413. The van der Waals surface area contributed by atoms with Crippen LogP contribution in [0, 0.1) is 6.92 Å². The second-order valence-electron chi connectivity index (χ2n) is 5.10. The third-order valence-corrected chi connectivity index (χ3v) is 2.36. The minimum Gasteiger partial charge on any atom is -0.454 e. The molecule has 0 aliphatic rings. The van der Waals surface area contributed by atoms with Gasteiger partial charge < -0.3 is 4.74 Å². The monoisotopic (exact) mass is 236 g/mol. The fourth-order valence-corrected chi connectivity index (χ4v) is 1.53. The van der Waals surface area contributed by atoms with Crippen molar-refractivity contribution in [2.45, 2.75) is 46.3 Å². The van der Waals surface area contributed by atoms with Crippen LogP contribution in [-0.4, -0.2) is 21.9 Å². The van der Waals surface area contributed by atoms with Crippen molar-refractivity contribution in [3.05, 3.63) is 30.1 Å². The van der Waals surface area contributed by atoms with Crippen molar-refractivity contribution in [3.8, 4) is 0 Å². The molecule has 17 heavy (non-hydrogen) atoms. The number of carbonyl (C=O) groups is 1. The van der Waals surface area contributed by atoms with Crippen molar-refractivity contribution < 1.29 is 9.53 Å². The standard InChI is InChI=1S/C13H20N2O2/c1-7-10(3)17-12(16)11-8-9(2)15(14-11)13(4,5)6/h7-8,10H,1H2,2-6H3. The Morgan fingerprint density at radius 1 is 1.59 bits per heavy atom. The smallest absolute Gasteiger partial charge is 0.359 e. The molecule has 0 amide bonds. The van der Waals surface area contributed by atoms with Gasteiger partial charge in [0.05, 0.1) is 5.54 Å². The summed E-state index contributed by atoms with van der Waals surface area (Å²) in [5, 5.41) is 4.28. The largest absolute Gasteiger partial charge is 0.454 e. The first-order valence-electron chi connectivity index (χ1n) is 5.66. The third-order valence-electron chi connectivity index (χ3n) is 2.36. The van der Waals surface area contributed by atoms with Gasteiger partial charge in [-0.1, -0.05) is 12.7 Å². The Labute approximate surface area is 102 Å². The van der Waals surface area contributed by atoms with Gasteiger partial charge in [0.25, 0.3) is 0 Å². The summed E-state index contributed by atoms with van der Waals surface area (Å²) in [4.78, 5) is 11.8. The topological polar surface area (TPSA) is 44.1 Å². The molecule has 1 aromatic heterocycles. The Hall–Kier alpha value is -1.58. The zero-order valence-corrected chi connectivity index (χ0v) is 11.2. The number of hydrogen-bond acceptors (Lipinski definition) is 3. The third kappa shape index (κ3) is 3.19. The molecule has 1 rings (SSSR count). The van der Waals surface area contributed by atoms with Crippen LogP contribution in [0.5, 0.6) is 0 Å². The van der Waals surface area contributed by atoms with Gasteiger partial charge in [-0.15, -0.1) is 0 Å². The maximum absolute atomic E-state index is 11.8. The van der Waals surface area contributed by atoms with Crippen LogP contribution in [0.1, 0.15) is 43.9 Å². The fourth-order valence-electron chi connectivity index (χ4n) is 1.53. The van der Waals surface area contributed by atoms with Crippen LogP contribution in [0.4, 0.5) is 0 Å². The molecule has 1 unspecified atom stereocenters. The molecule has 0 fully saturated rings. The summed E-state index contributed by atoms with van der Waals surface area (Å²) in [6, 6.07) is 1.74. The minimum absolute atomic E-state index is 0.146. The normalized spacial score (nSPS) is 13.2. The van der Waals surface area contributed by atoms with Crippen molar-refractivity contribution >= 4 is 5.97 Å². The molecule has 0 aliphatic carbocycles. The molecule has 4 heteroatoms. The lowest BCUT2D eigenvalue weighted by Crippen LogP contribution is -2.25. The Morgan fingerprint density at radius 3 is 2.59 bits per heavy atom. The molecule has 0 spiro atoms. The van der Waals surface area contributed by atoms with Crippen molar-refractivity contribution in [1.82, 2.24) is 9.78 Å². The molecule has 0 saturated heterocycles. The predicted molar refractivity (Wildman–Crippen MR) is 67.0 cm³/mol. The van der Waals surface area contributed by atoms with Gasteiger partial charge in [0.15, 0.2) is 5.69 Å². The molecule has 0 saturated carbocycles. The van der Waals surface area contributed by atoms with Gasteiger partial charge >= 0.3 is 5.97 Å². The second-order valence-corrected chi connectivity index (χ2v) is 5.10. The highest BCUT2D eigenvalue weighted by molar-refractivity contribution is 5.87. The van der Waals surface area contributed by atoms with E-state index in [1.54, 1.807) is 19.1 Å². The quantitative estimate of drug-likeness (QED) is 0.598. The number of aryl methyl sites for hydroxylation is 1. The van der Waals surface area contributed by atoms with E-state index in [0.29, 0.717) is 5.69 Å². The lowest BCUT2D eigenvalue weighted by molar-refractivity contribution is 0.0416. The molecule has 94 valence electrons. The highest BCUT2D eigenvalue weighted by Gasteiger charge is 2.21. The summed E-state index contributed by atoms with van der Waals surface area (Å²) >= 11 is 0. The van der Waals surface area contributed by atoms with Crippen LogP contribution in [-0.2, 0) is 10.3 Å². The fraction of sp³-hybridized carbons (Fsp3) is 0.538. The average Bonchev–Trinajstić information content (AvgIpc) is 2.59. The van der Waals surface area contributed by atoms with E-state index in [4.69, 9.17) is 4.74 Å². The maximum Gasteiger partial charge on any atom is 0.359 e. The lowest BCUT2D eigenvalue weighted by Gasteiger charge is -2.21. The van der Waals surface area contributed by atoms with Gasteiger partial charge in [-0.05, 0) is 40.7 Å².